The summed E-state index contributed by atoms with van der Waals surface area (Å²) in [7, 11) is 0. The van der Waals surface area contributed by atoms with E-state index in [9.17, 15) is 19.5 Å². The van der Waals surface area contributed by atoms with Crippen molar-refractivity contribution in [3.05, 3.63) is 95.1 Å². The Hall–Kier alpha value is -4.13. The minimum Gasteiger partial charge on any atom is -0.508 e. The van der Waals surface area contributed by atoms with Crippen LogP contribution in [0.4, 0.5) is 5.69 Å². The third-order valence-corrected chi connectivity index (χ3v) is 6.86. The number of amides is 3. The Morgan fingerprint density at radius 3 is 2.36 bits per heavy atom. The number of carbonyl (C=O) groups is 3. The summed E-state index contributed by atoms with van der Waals surface area (Å²) >= 11 is 0. The van der Waals surface area contributed by atoms with E-state index in [4.69, 9.17) is 0 Å². The highest BCUT2D eigenvalue weighted by Gasteiger charge is 2.47. The number of phenols is 1. The molecule has 0 saturated carbocycles. The molecule has 1 unspecified atom stereocenters. The zero-order chi connectivity index (χ0) is 25.1. The van der Waals surface area contributed by atoms with Crippen LogP contribution in [0.5, 0.6) is 5.75 Å². The molecule has 36 heavy (non-hydrogen) atoms. The highest BCUT2D eigenvalue weighted by atomic mass is 16.3. The van der Waals surface area contributed by atoms with Crippen LogP contribution in [0.25, 0.3) is 0 Å². The summed E-state index contributed by atoms with van der Waals surface area (Å²) in [5, 5.41) is 12.3. The smallest absolute Gasteiger partial charge is 0.260 e. The second-order valence-corrected chi connectivity index (χ2v) is 9.23. The zero-order valence-corrected chi connectivity index (χ0v) is 20.0. The van der Waals surface area contributed by atoms with Crippen molar-refractivity contribution < 1.29 is 19.5 Å². The third-order valence-electron chi connectivity index (χ3n) is 6.86. The number of para-hydroxylation sites is 1. The normalized spacial score (nSPS) is 15.9. The molecule has 7 nitrogen and oxygen atoms in total. The van der Waals surface area contributed by atoms with E-state index in [-0.39, 0.29) is 23.5 Å². The Balaban J connectivity index is 1.15. The molecular formula is C29H29N3O4. The average molecular weight is 484 g/mol. The molecular weight excluding hydrogens is 454 g/mol. The van der Waals surface area contributed by atoms with Crippen molar-refractivity contribution in [2.24, 2.45) is 0 Å². The van der Waals surface area contributed by atoms with E-state index < -0.39 is 6.17 Å². The van der Waals surface area contributed by atoms with E-state index in [0.717, 1.165) is 30.4 Å². The van der Waals surface area contributed by atoms with E-state index in [1.807, 2.05) is 54.6 Å². The van der Waals surface area contributed by atoms with Gasteiger partial charge < -0.3 is 15.3 Å². The number of nitrogens with zero attached hydrogens (tertiary/aromatic N) is 2. The largest absolute Gasteiger partial charge is 0.508 e. The standard InChI is InChI=1S/C29H29N3O4/c33-21-15-13-20(14-16-21)17-18-30-26(34)12-2-1-7-19-31-27-22-8-3-4-9-23(22)29(36)32(27)25-11-6-5-10-24(25)28(31)35/h3-6,8-11,13-16,27,33H,1-2,7,12,17-19H2,(H,30,34). The molecule has 0 radical (unpaired) electrons. The molecule has 2 aliphatic heterocycles. The first-order valence-electron chi connectivity index (χ1n) is 12.4. The van der Waals surface area contributed by atoms with Gasteiger partial charge in [0.15, 0.2) is 0 Å². The molecule has 2 aliphatic rings. The molecule has 3 amide bonds. The lowest BCUT2D eigenvalue weighted by molar-refractivity contribution is -0.121. The lowest BCUT2D eigenvalue weighted by atomic mass is 10.0. The maximum Gasteiger partial charge on any atom is 0.260 e. The number of benzene rings is 3. The zero-order valence-electron chi connectivity index (χ0n) is 20.0. The topological polar surface area (TPSA) is 90.0 Å². The Labute approximate surface area is 210 Å². The van der Waals surface area contributed by atoms with Gasteiger partial charge in [-0.2, -0.15) is 0 Å². The van der Waals surface area contributed by atoms with Crippen molar-refractivity contribution in [1.82, 2.24) is 10.2 Å². The van der Waals surface area contributed by atoms with Gasteiger partial charge in [0.1, 0.15) is 11.9 Å². The first kappa shape index (κ1) is 23.6. The number of rotatable bonds is 9. The minimum atomic E-state index is -0.431. The fraction of sp³-hybridized carbons (Fsp3) is 0.276. The number of hydrogen-bond acceptors (Lipinski definition) is 4. The minimum absolute atomic E-state index is 0.0123. The molecule has 0 spiro atoms. The number of fused-ring (bicyclic) bond motifs is 5. The molecule has 0 aliphatic carbocycles. The van der Waals surface area contributed by atoms with Crippen molar-refractivity contribution in [3.8, 4) is 5.75 Å². The Morgan fingerprint density at radius 1 is 0.833 bits per heavy atom. The molecule has 2 heterocycles. The summed E-state index contributed by atoms with van der Waals surface area (Å²) in [6.07, 6.45) is 2.99. The Kier molecular flexibility index (Phi) is 6.71. The van der Waals surface area contributed by atoms with E-state index in [1.165, 1.54) is 0 Å². The molecule has 0 saturated heterocycles. The predicted molar refractivity (Wildman–Crippen MR) is 137 cm³/mol. The van der Waals surface area contributed by atoms with E-state index >= 15 is 0 Å². The number of anilines is 1. The second kappa shape index (κ2) is 10.2. The Bertz CT molecular complexity index is 1290. The molecule has 7 heteroatoms. The van der Waals surface area contributed by atoms with Crippen LogP contribution < -0.4 is 10.2 Å². The van der Waals surface area contributed by atoms with E-state index in [2.05, 4.69) is 5.32 Å². The monoisotopic (exact) mass is 483 g/mol. The molecule has 5 rings (SSSR count). The molecule has 0 fully saturated rings. The van der Waals surface area contributed by atoms with Gasteiger partial charge in [-0.3, -0.25) is 19.3 Å². The van der Waals surface area contributed by atoms with Crippen molar-refractivity contribution in [2.75, 3.05) is 18.0 Å². The van der Waals surface area contributed by atoms with Gasteiger partial charge in [0.25, 0.3) is 11.8 Å². The van der Waals surface area contributed by atoms with Crippen LogP contribution in [0, 0.1) is 0 Å². The van der Waals surface area contributed by atoms with Gasteiger partial charge in [0.05, 0.1) is 11.3 Å². The van der Waals surface area contributed by atoms with Crippen LogP contribution in [0.15, 0.2) is 72.8 Å². The van der Waals surface area contributed by atoms with Crippen LogP contribution >= 0.6 is 0 Å². The van der Waals surface area contributed by atoms with Crippen LogP contribution in [-0.2, 0) is 11.2 Å². The molecule has 2 N–H and O–H groups in total. The van der Waals surface area contributed by atoms with Gasteiger partial charge in [-0.15, -0.1) is 0 Å². The van der Waals surface area contributed by atoms with Crippen molar-refractivity contribution in [2.45, 2.75) is 38.3 Å². The maximum atomic E-state index is 13.4. The lowest BCUT2D eigenvalue weighted by Crippen LogP contribution is -2.48. The SMILES string of the molecule is O=C(CCCCCN1C(=O)c2ccccc2N2C(=O)c3ccccc3C12)NCCc1ccc(O)cc1. The van der Waals surface area contributed by atoms with Gasteiger partial charge in [0, 0.05) is 30.6 Å². The number of nitrogens with one attached hydrogen (secondary N) is 1. The van der Waals surface area contributed by atoms with Gasteiger partial charge in [-0.1, -0.05) is 48.9 Å². The number of hydrogen-bond donors (Lipinski definition) is 2. The Morgan fingerprint density at radius 2 is 1.56 bits per heavy atom. The third kappa shape index (κ3) is 4.56. The van der Waals surface area contributed by atoms with Crippen molar-refractivity contribution >= 4 is 23.4 Å². The second-order valence-electron chi connectivity index (χ2n) is 9.23. The summed E-state index contributed by atoms with van der Waals surface area (Å²) in [4.78, 5) is 42.4. The van der Waals surface area contributed by atoms with Crippen LogP contribution in [0.2, 0.25) is 0 Å². The number of phenolic OH excluding ortho intramolecular Hbond substituents is 1. The van der Waals surface area contributed by atoms with Gasteiger partial charge >= 0.3 is 0 Å². The highest BCUT2D eigenvalue weighted by molar-refractivity contribution is 6.16. The van der Waals surface area contributed by atoms with E-state index in [1.54, 1.807) is 28.0 Å². The quantitative estimate of drug-likeness (QED) is 0.441. The maximum absolute atomic E-state index is 13.4. The first-order valence-corrected chi connectivity index (χ1v) is 12.4. The van der Waals surface area contributed by atoms with Crippen molar-refractivity contribution in [1.29, 1.82) is 0 Å². The molecule has 0 aromatic heterocycles. The van der Waals surface area contributed by atoms with Crippen LogP contribution in [0.3, 0.4) is 0 Å². The number of aromatic hydroxyl groups is 1. The average Bonchev–Trinajstić information content (AvgIpc) is 3.19. The number of carbonyl (C=O) groups excluding carboxylic acids is 3. The summed E-state index contributed by atoms with van der Waals surface area (Å²) in [6, 6.07) is 21.8. The summed E-state index contributed by atoms with van der Waals surface area (Å²) < 4.78 is 0. The molecule has 3 aromatic carbocycles. The lowest BCUT2D eigenvalue weighted by Gasteiger charge is -2.41. The highest BCUT2D eigenvalue weighted by Crippen LogP contribution is 2.45. The fourth-order valence-corrected chi connectivity index (χ4v) is 5.04. The van der Waals surface area contributed by atoms with Gasteiger partial charge in [0.2, 0.25) is 5.91 Å². The predicted octanol–water partition coefficient (Wildman–Crippen LogP) is 4.43. The van der Waals surface area contributed by atoms with Crippen molar-refractivity contribution in [3.63, 3.8) is 0 Å². The summed E-state index contributed by atoms with van der Waals surface area (Å²) in [5.41, 5.74) is 3.76. The first-order chi connectivity index (χ1) is 17.5. The van der Waals surface area contributed by atoms with Crippen LogP contribution in [-0.4, -0.2) is 40.8 Å². The molecule has 184 valence electrons. The molecule has 0 bridgehead atoms. The number of unbranched alkanes of at least 4 members (excludes halogenated alkanes) is 2. The fourth-order valence-electron chi connectivity index (χ4n) is 5.04. The van der Waals surface area contributed by atoms with Gasteiger partial charge in [-0.25, -0.2) is 0 Å². The molecule has 3 aromatic rings. The summed E-state index contributed by atoms with van der Waals surface area (Å²) in [5.74, 6) is 0.0980. The van der Waals surface area contributed by atoms with E-state index in [0.29, 0.717) is 42.7 Å². The summed E-state index contributed by atoms with van der Waals surface area (Å²) in [6.45, 7) is 1.06. The molecule has 1 atom stereocenters. The van der Waals surface area contributed by atoms with Crippen LogP contribution in [0.1, 0.15) is 63.7 Å². The van der Waals surface area contributed by atoms with Gasteiger partial charge in [-0.05, 0) is 55.2 Å².